The van der Waals surface area contributed by atoms with Gasteiger partial charge in [-0.1, -0.05) is 72.3 Å². The molecule has 0 radical (unpaired) electrons. The summed E-state index contributed by atoms with van der Waals surface area (Å²) < 4.78 is 0. The molecule has 3 N–H and O–H groups in total. The first-order valence-electron chi connectivity index (χ1n) is 12.2. The van der Waals surface area contributed by atoms with Crippen LogP contribution in [-0.2, 0) is 6.42 Å². The van der Waals surface area contributed by atoms with Crippen LogP contribution in [0.5, 0.6) is 5.88 Å². The van der Waals surface area contributed by atoms with E-state index in [1.165, 1.54) is 0 Å². The number of H-pyrrole nitrogens is 1. The molecule has 6 nitrogen and oxygen atoms in total. The standard InChI is InChI=1S/C31H28N4O2/c1-20-17-21(2)28-26(18-20)29(31(37)33-28)35-34-25-15-13-24(14-16-25)30(36)32-27(23-11-7-4-8-12-23)19-22-9-5-3-6-10-22/h3-18,27,33,37H,19H2,1-2H3,(H,32,36)/t27-/m0/s1. The van der Waals surface area contributed by atoms with Gasteiger partial charge in [-0.2, -0.15) is 5.11 Å². The maximum Gasteiger partial charge on any atom is 0.251 e. The van der Waals surface area contributed by atoms with Crippen molar-refractivity contribution in [2.75, 3.05) is 0 Å². The Morgan fingerprint density at radius 2 is 1.57 bits per heavy atom. The molecule has 0 unspecified atom stereocenters. The number of aromatic nitrogens is 1. The maximum atomic E-state index is 13.1. The Labute approximate surface area is 215 Å². The number of nitrogens with zero attached hydrogens (tertiary/aromatic N) is 2. The van der Waals surface area contributed by atoms with Crippen LogP contribution in [0.3, 0.4) is 0 Å². The predicted molar refractivity (Wildman–Crippen MR) is 147 cm³/mol. The van der Waals surface area contributed by atoms with Gasteiger partial charge in [-0.15, -0.1) is 5.11 Å². The molecule has 1 aromatic heterocycles. The molecule has 6 heteroatoms. The van der Waals surface area contributed by atoms with Crippen molar-refractivity contribution in [2.24, 2.45) is 10.2 Å². The fourth-order valence-corrected chi connectivity index (χ4v) is 4.54. The lowest BCUT2D eigenvalue weighted by molar-refractivity contribution is 0.0936. The highest BCUT2D eigenvalue weighted by atomic mass is 16.3. The Morgan fingerprint density at radius 1 is 0.892 bits per heavy atom. The fourth-order valence-electron chi connectivity index (χ4n) is 4.54. The zero-order valence-corrected chi connectivity index (χ0v) is 20.8. The van der Waals surface area contributed by atoms with Gasteiger partial charge >= 0.3 is 0 Å². The number of hydrogen-bond acceptors (Lipinski definition) is 4. The van der Waals surface area contributed by atoms with Crippen molar-refractivity contribution in [3.8, 4) is 5.88 Å². The number of amides is 1. The Bertz CT molecular complexity index is 1560. The van der Waals surface area contributed by atoms with Gasteiger partial charge in [-0.3, -0.25) is 4.79 Å². The number of aromatic amines is 1. The minimum absolute atomic E-state index is 0.0196. The van der Waals surface area contributed by atoms with Crippen molar-refractivity contribution < 1.29 is 9.90 Å². The lowest BCUT2D eigenvalue weighted by atomic mass is 9.98. The highest BCUT2D eigenvalue weighted by Crippen LogP contribution is 2.38. The van der Waals surface area contributed by atoms with E-state index in [2.05, 4.69) is 32.7 Å². The molecule has 4 aromatic carbocycles. The Hall–Kier alpha value is -4.71. The van der Waals surface area contributed by atoms with Gasteiger partial charge in [0.15, 0.2) is 5.69 Å². The summed E-state index contributed by atoms with van der Waals surface area (Å²) in [6, 6.07) is 30.9. The van der Waals surface area contributed by atoms with E-state index in [4.69, 9.17) is 0 Å². The zero-order chi connectivity index (χ0) is 25.8. The third-order valence-corrected chi connectivity index (χ3v) is 6.39. The number of carbonyl (C=O) groups excluding carboxylic acids is 1. The third-order valence-electron chi connectivity index (χ3n) is 6.39. The number of rotatable bonds is 7. The summed E-state index contributed by atoms with van der Waals surface area (Å²) in [5.74, 6) is -0.178. The second kappa shape index (κ2) is 10.5. The highest BCUT2D eigenvalue weighted by molar-refractivity contribution is 5.96. The third kappa shape index (κ3) is 5.43. The van der Waals surface area contributed by atoms with E-state index in [-0.39, 0.29) is 17.8 Å². The molecular formula is C31H28N4O2. The van der Waals surface area contributed by atoms with Crippen LogP contribution >= 0.6 is 0 Å². The Morgan fingerprint density at radius 3 is 2.27 bits per heavy atom. The van der Waals surface area contributed by atoms with Crippen LogP contribution in [-0.4, -0.2) is 16.0 Å². The van der Waals surface area contributed by atoms with Crippen molar-refractivity contribution in [2.45, 2.75) is 26.3 Å². The molecular weight excluding hydrogens is 460 g/mol. The van der Waals surface area contributed by atoms with Crippen LogP contribution in [0.15, 0.2) is 107 Å². The molecule has 0 aliphatic heterocycles. The second-order valence-electron chi connectivity index (χ2n) is 9.20. The number of azo groups is 1. The lowest BCUT2D eigenvalue weighted by Crippen LogP contribution is -2.29. The van der Waals surface area contributed by atoms with Crippen LogP contribution in [0.25, 0.3) is 10.9 Å². The quantitative estimate of drug-likeness (QED) is 0.206. The van der Waals surface area contributed by atoms with Crippen LogP contribution in [0.4, 0.5) is 11.4 Å². The van der Waals surface area contributed by atoms with E-state index < -0.39 is 0 Å². The Kier molecular flexibility index (Phi) is 6.81. The first-order chi connectivity index (χ1) is 18.0. The summed E-state index contributed by atoms with van der Waals surface area (Å²) in [5, 5.41) is 23.0. The van der Waals surface area contributed by atoms with Gasteiger partial charge in [-0.25, -0.2) is 0 Å². The molecule has 1 heterocycles. The molecule has 5 aromatic rings. The monoisotopic (exact) mass is 488 g/mol. The van der Waals surface area contributed by atoms with E-state index in [0.29, 0.717) is 23.4 Å². The average Bonchev–Trinajstić information content (AvgIpc) is 3.23. The minimum Gasteiger partial charge on any atom is -0.493 e. The van der Waals surface area contributed by atoms with Crippen molar-refractivity contribution in [1.29, 1.82) is 0 Å². The number of aromatic hydroxyl groups is 1. The van der Waals surface area contributed by atoms with E-state index in [1.54, 1.807) is 24.3 Å². The molecule has 0 aliphatic carbocycles. The zero-order valence-electron chi connectivity index (χ0n) is 20.8. The summed E-state index contributed by atoms with van der Waals surface area (Å²) in [5.41, 5.74) is 6.67. The van der Waals surface area contributed by atoms with Gasteiger partial charge in [0.25, 0.3) is 5.91 Å². The fraction of sp³-hybridized carbons (Fsp3) is 0.129. The van der Waals surface area contributed by atoms with Crippen LogP contribution in [0, 0.1) is 13.8 Å². The number of aryl methyl sites for hydroxylation is 2. The van der Waals surface area contributed by atoms with Crippen LogP contribution in [0.1, 0.15) is 38.7 Å². The molecule has 37 heavy (non-hydrogen) atoms. The SMILES string of the molecule is Cc1cc(C)c2[nH]c(O)c(N=Nc3ccc(C(=O)N[C@@H](Cc4ccccc4)c4ccccc4)cc3)c2c1. The van der Waals surface area contributed by atoms with Gasteiger partial charge in [0.05, 0.1) is 17.2 Å². The summed E-state index contributed by atoms with van der Waals surface area (Å²) in [7, 11) is 0. The number of carbonyl (C=O) groups is 1. The van der Waals surface area contributed by atoms with E-state index in [1.807, 2.05) is 74.5 Å². The van der Waals surface area contributed by atoms with Gasteiger partial charge in [0.1, 0.15) is 0 Å². The second-order valence-corrected chi connectivity index (χ2v) is 9.20. The lowest BCUT2D eigenvalue weighted by Gasteiger charge is -2.19. The molecule has 5 rings (SSSR count). The van der Waals surface area contributed by atoms with Crippen molar-refractivity contribution in [1.82, 2.24) is 10.3 Å². The smallest absolute Gasteiger partial charge is 0.251 e. The molecule has 0 fully saturated rings. The first kappa shape index (κ1) is 24.0. The van der Waals surface area contributed by atoms with E-state index in [0.717, 1.165) is 33.2 Å². The van der Waals surface area contributed by atoms with Crippen molar-refractivity contribution in [3.63, 3.8) is 0 Å². The number of hydrogen-bond donors (Lipinski definition) is 3. The van der Waals surface area contributed by atoms with E-state index in [9.17, 15) is 9.90 Å². The average molecular weight is 489 g/mol. The number of fused-ring (bicyclic) bond motifs is 1. The van der Waals surface area contributed by atoms with E-state index >= 15 is 0 Å². The maximum absolute atomic E-state index is 13.1. The number of benzene rings is 4. The topological polar surface area (TPSA) is 89.8 Å². The molecule has 1 amide bonds. The molecule has 0 aliphatic rings. The van der Waals surface area contributed by atoms with Gasteiger partial charge < -0.3 is 15.4 Å². The molecule has 0 saturated carbocycles. The predicted octanol–water partition coefficient (Wildman–Crippen LogP) is 7.62. The van der Waals surface area contributed by atoms with Gasteiger partial charge in [-0.05, 0) is 67.3 Å². The molecule has 0 spiro atoms. The highest BCUT2D eigenvalue weighted by Gasteiger charge is 2.17. The summed E-state index contributed by atoms with van der Waals surface area (Å²) in [4.78, 5) is 16.1. The summed E-state index contributed by atoms with van der Waals surface area (Å²) in [6.45, 7) is 3.99. The largest absolute Gasteiger partial charge is 0.493 e. The molecule has 0 saturated heterocycles. The normalized spacial score (nSPS) is 12.2. The summed E-state index contributed by atoms with van der Waals surface area (Å²) >= 11 is 0. The van der Waals surface area contributed by atoms with Crippen LogP contribution in [0.2, 0.25) is 0 Å². The molecule has 184 valence electrons. The minimum atomic E-state index is -0.160. The number of nitrogens with one attached hydrogen (secondary N) is 2. The van der Waals surface area contributed by atoms with Gasteiger partial charge in [0.2, 0.25) is 5.88 Å². The van der Waals surface area contributed by atoms with Gasteiger partial charge in [0, 0.05) is 10.9 Å². The van der Waals surface area contributed by atoms with Crippen molar-refractivity contribution >= 4 is 28.2 Å². The van der Waals surface area contributed by atoms with Crippen LogP contribution < -0.4 is 5.32 Å². The van der Waals surface area contributed by atoms with Crippen molar-refractivity contribution in [3.05, 3.63) is 125 Å². The first-order valence-corrected chi connectivity index (χ1v) is 12.2. The molecule has 1 atom stereocenters. The molecule has 0 bridgehead atoms. The Balaban J connectivity index is 1.33. The summed E-state index contributed by atoms with van der Waals surface area (Å²) in [6.07, 6.45) is 0.690.